The molecule has 0 atom stereocenters. The van der Waals surface area contributed by atoms with Gasteiger partial charge in [-0.15, -0.1) is 0 Å². The lowest BCUT2D eigenvalue weighted by Crippen LogP contribution is -2.62. The van der Waals surface area contributed by atoms with E-state index in [0.717, 1.165) is 11.3 Å². The summed E-state index contributed by atoms with van der Waals surface area (Å²) < 4.78 is 5.11. The lowest BCUT2D eigenvalue weighted by Gasteiger charge is -2.38. The van der Waals surface area contributed by atoms with Crippen molar-refractivity contribution in [2.75, 3.05) is 14.2 Å². The van der Waals surface area contributed by atoms with Gasteiger partial charge in [-0.05, 0) is 30.5 Å². The zero-order valence-corrected chi connectivity index (χ0v) is 14.0. The van der Waals surface area contributed by atoms with Crippen LogP contribution in [0.25, 0.3) is 0 Å². The van der Waals surface area contributed by atoms with Gasteiger partial charge in [-0.25, -0.2) is 4.99 Å². The van der Waals surface area contributed by atoms with Crippen molar-refractivity contribution >= 4 is 17.8 Å². The molecule has 1 saturated heterocycles. The van der Waals surface area contributed by atoms with Crippen LogP contribution < -0.4 is 10.1 Å². The Morgan fingerprint density at radius 3 is 2.30 bits per heavy atom. The van der Waals surface area contributed by atoms with Crippen molar-refractivity contribution in [3.05, 3.63) is 29.8 Å². The highest BCUT2D eigenvalue weighted by molar-refractivity contribution is 6.20. The fourth-order valence-electron chi connectivity index (χ4n) is 2.74. The summed E-state index contributed by atoms with van der Waals surface area (Å²) in [5.41, 5.74) is -0.00957. The number of amides is 2. The van der Waals surface area contributed by atoms with Crippen molar-refractivity contribution in [1.82, 2.24) is 10.2 Å². The van der Waals surface area contributed by atoms with E-state index in [4.69, 9.17) is 4.74 Å². The number of methoxy groups -OCH3 is 1. The Morgan fingerprint density at radius 1 is 1.17 bits per heavy atom. The number of aliphatic imine (C=N–C) groups is 1. The van der Waals surface area contributed by atoms with Crippen LogP contribution in [0.15, 0.2) is 29.3 Å². The smallest absolute Gasteiger partial charge is 0.244 e. The van der Waals surface area contributed by atoms with E-state index < -0.39 is 5.41 Å². The number of nitrogens with one attached hydrogen (secondary N) is 1. The topological polar surface area (TPSA) is 71.0 Å². The summed E-state index contributed by atoms with van der Waals surface area (Å²) in [5.74, 6) is 0.613. The molecule has 124 valence electrons. The van der Waals surface area contributed by atoms with Crippen LogP contribution in [-0.4, -0.2) is 36.8 Å². The maximum atomic E-state index is 12.6. The monoisotopic (exact) mass is 317 g/mol. The average Bonchev–Trinajstić information content (AvgIpc) is 2.58. The molecular formula is C17H23N3O3. The van der Waals surface area contributed by atoms with E-state index >= 15 is 0 Å². The fourth-order valence-corrected chi connectivity index (χ4v) is 2.74. The SMILES string of the molecule is CCC1(CC)C(=O)NC(=NCc2ccc(OC)cc2)N(C)C1=O. The first-order chi connectivity index (χ1) is 11.0. The summed E-state index contributed by atoms with van der Waals surface area (Å²) >= 11 is 0. The Balaban J connectivity index is 2.17. The number of benzene rings is 1. The number of ether oxygens (including phenoxy) is 1. The van der Waals surface area contributed by atoms with E-state index in [0.29, 0.717) is 25.3 Å². The van der Waals surface area contributed by atoms with Gasteiger partial charge in [0.15, 0.2) is 0 Å². The molecule has 0 aromatic heterocycles. The number of nitrogens with zero attached hydrogens (tertiary/aromatic N) is 2. The maximum Gasteiger partial charge on any atom is 0.244 e. The quantitative estimate of drug-likeness (QED) is 0.844. The van der Waals surface area contributed by atoms with Gasteiger partial charge in [-0.2, -0.15) is 0 Å². The fraction of sp³-hybridized carbons (Fsp3) is 0.471. The van der Waals surface area contributed by atoms with Gasteiger partial charge in [0.25, 0.3) is 0 Å². The molecule has 23 heavy (non-hydrogen) atoms. The summed E-state index contributed by atoms with van der Waals surface area (Å²) in [6, 6.07) is 7.50. The minimum Gasteiger partial charge on any atom is -0.497 e. The highest BCUT2D eigenvalue weighted by Crippen LogP contribution is 2.31. The Labute approximate surface area is 136 Å². The molecule has 2 rings (SSSR count). The van der Waals surface area contributed by atoms with Crippen LogP contribution in [0, 0.1) is 5.41 Å². The Morgan fingerprint density at radius 2 is 1.78 bits per heavy atom. The van der Waals surface area contributed by atoms with Crippen LogP contribution in [0.1, 0.15) is 32.3 Å². The number of guanidine groups is 1. The van der Waals surface area contributed by atoms with Gasteiger partial charge in [-0.3, -0.25) is 19.8 Å². The van der Waals surface area contributed by atoms with Crippen molar-refractivity contribution < 1.29 is 14.3 Å². The minimum absolute atomic E-state index is 0.195. The molecule has 1 heterocycles. The number of hydrogen-bond acceptors (Lipinski definition) is 4. The minimum atomic E-state index is -0.978. The second-order valence-corrected chi connectivity index (χ2v) is 5.60. The normalized spacial score (nSPS) is 19.0. The van der Waals surface area contributed by atoms with Gasteiger partial charge in [0.2, 0.25) is 17.8 Å². The third-order valence-electron chi connectivity index (χ3n) is 4.47. The van der Waals surface area contributed by atoms with Crippen molar-refractivity contribution in [1.29, 1.82) is 0 Å². The van der Waals surface area contributed by atoms with Gasteiger partial charge in [-0.1, -0.05) is 26.0 Å². The molecule has 0 unspecified atom stereocenters. The van der Waals surface area contributed by atoms with Gasteiger partial charge >= 0.3 is 0 Å². The van der Waals surface area contributed by atoms with Crippen molar-refractivity contribution in [2.45, 2.75) is 33.2 Å². The number of carbonyl (C=O) groups excluding carboxylic acids is 2. The highest BCUT2D eigenvalue weighted by atomic mass is 16.5. The molecule has 6 nitrogen and oxygen atoms in total. The number of hydrogen-bond donors (Lipinski definition) is 1. The molecule has 0 bridgehead atoms. The van der Waals surface area contributed by atoms with Crippen molar-refractivity contribution in [3.8, 4) is 5.75 Å². The average molecular weight is 317 g/mol. The molecule has 1 aliphatic heterocycles. The molecule has 0 radical (unpaired) electrons. The largest absolute Gasteiger partial charge is 0.497 e. The lowest BCUT2D eigenvalue weighted by molar-refractivity contribution is -0.150. The van der Waals surface area contributed by atoms with Crippen LogP contribution in [-0.2, 0) is 16.1 Å². The zero-order valence-electron chi connectivity index (χ0n) is 14.0. The molecular weight excluding hydrogens is 294 g/mol. The van der Waals surface area contributed by atoms with Gasteiger partial charge in [0, 0.05) is 7.05 Å². The van der Waals surface area contributed by atoms with Gasteiger partial charge in [0.05, 0.1) is 13.7 Å². The van der Waals surface area contributed by atoms with E-state index in [1.54, 1.807) is 14.2 Å². The van der Waals surface area contributed by atoms with Gasteiger partial charge < -0.3 is 4.74 Å². The molecule has 1 aliphatic rings. The van der Waals surface area contributed by atoms with E-state index in [-0.39, 0.29) is 11.8 Å². The van der Waals surface area contributed by atoms with Crippen LogP contribution in [0.3, 0.4) is 0 Å². The van der Waals surface area contributed by atoms with E-state index in [1.165, 1.54) is 4.90 Å². The van der Waals surface area contributed by atoms with Crippen molar-refractivity contribution in [3.63, 3.8) is 0 Å². The zero-order chi connectivity index (χ0) is 17.0. The predicted octanol–water partition coefficient (Wildman–Crippen LogP) is 1.95. The molecule has 1 aromatic carbocycles. The van der Waals surface area contributed by atoms with Gasteiger partial charge in [0.1, 0.15) is 11.2 Å². The summed E-state index contributed by atoms with van der Waals surface area (Å²) in [4.78, 5) is 30.8. The van der Waals surface area contributed by atoms with E-state index in [9.17, 15) is 9.59 Å². The summed E-state index contributed by atoms with van der Waals surface area (Å²) in [6.45, 7) is 4.09. The molecule has 0 aliphatic carbocycles. The summed E-state index contributed by atoms with van der Waals surface area (Å²) in [7, 11) is 3.26. The molecule has 2 amide bonds. The van der Waals surface area contributed by atoms with Crippen LogP contribution in [0.5, 0.6) is 5.75 Å². The molecule has 1 N–H and O–H groups in total. The summed E-state index contributed by atoms with van der Waals surface area (Å²) in [6.07, 6.45) is 0.953. The first-order valence-corrected chi connectivity index (χ1v) is 7.75. The maximum absolute atomic E-state index is 12.6. The molecule has 0 spiro atoms. The third kappa shape index (κ3) is 3.06. The molecule has 1 aromatic rings. The molecule has 0 saturated carbocycles. The molecule has 6 heteroatoms. The van der Waals surface area contributed by atoms with Crippen LogP contribution in [0.2, 0.25) is 0 Å². The molecule has 1 fully saturated rings. The standard InChI is InChI=1S/C17H23N3O3/c1-5-17(6-2)14(21)19-16(20(3)15(17)22)18-11-12-7-9-13(23-4)10-8-12/h7-10H,5-6,11H2,1-4H3,(H,18,19,21). The summed E-state index contributed by atoms with van der Waals surface area (Å²) in [5, 5.41) is 2.77. The van der Waals surface area contributed by atoms with Crippen LogP contribution >= 0.6 is 0 Å². The van der Waals surface area contributed by atoms with E-state index in [1.807, 2.05) is 38.1 Å². The van der Waals surface area contributed by atoms with E-state index in [2.05, 4.69) is 10.3 Å². The Hall–Kier alpha value is -2.37. The Kier molecular flexibility index (Phi) is 5.03. The van der Waals surface area contributed by atoms with Crippen molar-refractivity contribution in [2.24, 2.45) is 10.4 Å². The highest BCUT2D eigenvalue weighted by Gasteiger charge is 2.49. The number of carbonyl (C=O) groups is 2. The Bertz CT molecular complexity index is 618. The number of rotatable bonds is 5. The second-order valence-electron chi connectivity index (χ2n) is 5.60. The van der Waals surface area contributed by atoms with Crippen LogP contribution in [0.4, 0.5) is 0 Å². The third-order valence-corrected chi connectivity index (χ3v) is 4.47. The lowest BCUT2D eigenvalue weighted by atomic mass is 9.79. The predicted molar refractivity (Wildman–Crippen MR) is 88.1 cm³/mol. The first kappa shape index (κ1) is 17.0. The second kappa shape index (κ2) is 6.81. The first-order valence-electron chi connectivity index (χ1n) is 7.75.